The number of benzene rings is 2. The Morgan fingerprint density at radius 2 is 1.79 bits per heavy atom. The number of hydrogen-bond donors (Lipinski definition) is 3. The maximum Gasteiger partial charge on any atom is 0.315 e. The van der Waals surface area contributed by atoms with Gasteiger partial charge in [0.2, 0.25) is 0 Å². The summed E-state index contributed by atoms with van der Waals surface area (Å²) in [5.41, 5.74) is 2.73. The maximum absolute atomic E-state index is 12.0. The van der Waals surface area contributed by atoms with Crippen molar-refractivity contribution in [1.82, 2.24) is 10.6 Å². The summed E-state index contributed by atoms with van der Waals surface area (Å²) in [4.78, 5) is 24.0. The van der Waals surface area contributed by atoms with E-state index < -0.39 is 0 Å². The first-order valence-corrected chi connectivity index (χ1v) is 9.37. The van der Waals surface area contributed by atoms with Crippen molar-refractivity contribution in [3.63, 3.8) is 0 Å². The molecule has 4 rings (SSSR count). The van der Waals surface area contributed by atoms with E-state index >= 15 is 0 Å². The summed E-state index contributed by atoms with van der Waals surface area (Å²) in [5.74, 6) is 0.831. The lowest BCUT2D eigenvalue weighted by molar-refractivity contribution is 0.0996. The Labute approximate surface area is 168 Å². The molecule has 3 amide bonds. The SMILES string of the molecule is O=C(NCc1ccc(NC(=O)c2ccco2)cc1)NCC1Cc2ccccc2O1. The van der Waals surface area contributed by atoms with Crippen LogP contribution in [0, 0.1) is 0 Å². The number of hydrogen-bond acceptors (Lipinski definition) is 4. The molecule has 2 heterocycles. The molecule has 1 aromatic heterocycles. The summed E-state index contributed by atoms with van der Waals surface area (Å²) < 4.78 is 10.9. The number of fused-ring (bicyclic) bond motifs is 1. The molecule has 7 heteroatoms. The Morgan fingerprint density at radius 1 is 0.966 bits per heavy atom. The zero-order chi connectivity index (χ0) is 20.1. The summed E-state index contributed by atoms with van der Waals surface area (Å²) in [6.07, 6.45) is 2.20. The van der Waals surface area contributed by atoms with Gasteiger partial charge in [0, 0.05) is 18.7 Å². The van der Waals surface area contributed by atoms with Gasteiger partial charge in [-0.2, -0.15) is 0 Å². The molecule has 1 aliphatic rings. The van der Waals surface area contributed by atoms with Crippen LogP contribution in [0.15, 0.2) is 71.3 Å². The summed E-state index contributed by atoms with van der Waals surface area (Å²) in [6, 6.07) is 18.1. The molecule has 2 aromatic carbocycles. The fraction of sp³-hybridized carbons (Fsp3) is 0.182. The Kier molecular flexibility index (Phi) is 5.47. The topological polar surface area (TPSA) is 92.6 Å². The van der Waals surface area contributed by atoms with Crippen LogP contribution in [0.1, 0.15) is 21.7 Å². The first kappa shape index (κ1) is 18.6. The molecule has 3 N–H and O–H groups in total. The average Bonchev–Trinajstić information content (AvgIpc) is 3.41. The third-order valence-corrected chi connectivity index (χ3v) is 4.61. The van der Waals surface area contributed by atoms with Crippen molar-refractivity contribution < 1.29 is 18.7 Å². The van der Waals surface area contributed by atoms with Gasteiger partial charge >= 0.3 is 6.03 Å². The number of carbonyl (C=O) groups is 2. The number of para-hydroxylation sites is 1. The van der Waals surface area contributed by atoms with Crippen molar-refractivity contribution in [2.24, 2.45) is 0 Å². The van der Waals surface area contributed by atoms with Crippen LogP contribution >= 0.6 is 0 Å². The molecule has 3 aromatic rings. The Morgan fingerprint density at radius 3 is 2.55 bits per heavy atom. The summed E-state index contributed by atoms with van der Waals surface area (Å²) in [7, 11) is 0. The van der Waals surface area contributed by atoms with E-state index in [0.29, 0.717) is 18.8 Å². The second kappa shape index (κ2) is 8.52. The number of nitrogens with one attached hydrogen (secondary N) is 3. The molecule has 0 bridgehead atoms. The highest BCUT2D eigenvalue weighted by Crippen LogP contribution is 2.27. The number of ether oxygens (including phenoxy) is 1. The van der Waals surface area contributed by atoms with Crippen LogP contribution < -0.4 is 20.7 Å². The van der Waals surface area contributed by atoms with Crippen molar-refractivity contribution in [3.8, 4) is 5.75 Å². The first-order valence-electron chi connectivity index (χ1n) is 9.37. The van der Waals surface area contributed by atoms with Gasteiger partial charge in [0.05, 0.1) is 12.8 Å². The minimum atomic E-state index is -0.309. The highest BCUT2D eigenvalue weighted by molar-refractivity contribution is 6.02. The number of anilines is 1. The largest absolute Gasteiger partial charge is 0.488 e. The van der Waals surface area contributed by atoms with Crippen LogP contribution in [-0.4, -0.2) is 24.6 Å². The van der Waals surface area contributed by atoms with E-state index in [1.54, 1.807) is 24.3 Å². The van der Waals surface area contributed by atoms with Gasteiger partial charge in [-0.15, -0.1) is 0 Å². The predicted octanol–water partition coefficient (Wildman–Crippen LogP) is 3.33. The highest BCUT2D eigenvalue weighted by Gasteiger charge is 2.22. The Balaban J connectivity index is 1.19. The highest BCUT2D eigenvalue weighted by atomic mass is 16.5. The quantitative estimate of drug-likeness (QED) is 0.601. The minimum absolute atomic E-state index is 0.0461. The van der Waals surface area contributed by atoms with E-state index in [2.05, 4.69) is 16.0 Å². The van der Waals surface area contributed by atoms with Crippen molar-refractivity contribution in [3.05, 3.63) is 83.8 Å². The molecule has 0 aliphatic carbocycles. The van der Waals surface area contributed by atoms with E-state index in [4.69, 9.17) is 9.15 Å². The van der Waals surface area contributed by atoms with Crippen LogP contribution in [0.3, 0.4) is 0 Å². The van der Waals surface area contributed by atoms with E-state index in [0.717, 1.165) is 17.7 Å². The molecule has 0 fully saturated rings. The molecular weight excluding hydrogens is 370 g/mol. The van der Waals surface area contributed by atoms with E-state index in [1.165, 1.54) is 11.8 Å². The van der Waals surface area contributed by atoms with Gasteiger partial charge < -0.3 is 25.1 Å². The minimum Gasteiger partial charge on any atom is -0.488 e. The molecule has 1 unspecified atom stereocenters. The smallest absolute Gasteiger partial charge is 0.315 e. The molecule has 1 aliphatic heterocycles. The molecule has 29 heavy (non-hydrogen) atoms. The van der Waals surface area contributed by atoms with Crippen LogP contribution in [0.4, 0.5) is 10.5 Å². The fourth-order valence-electron chi connectivity index (χ4n) is 3.13. The average molecular weight is 391 g/mol. The van der Waals surface area contributed by atoms with Crippen molar-refractivity contribution in [2.75, 3.05) is 11.9 Å². The number of carbonyl (C=O) groups excluding carboxylic acids is 2. The van der Waals surface area contributed by atoms with Crippen molar-refractivity contribution >= 4 is 17.6 Å². The molecule has 1 atom stereocenters. The molecule has 148 valence electrons. The summed E-state index contributed by atoms with van der Waals surface area (Å²) in [6.45, 7) is 0.822. The lowest BCUT2D eigenvalue weighted by Crippen LogP contribution is -2.40. The van der Waals surface area contributed by atoms with Crippen LogP contribution in [0.25, 0.3) is 0 Å². The van der Waals surface area contributed by atoms with Crippen LogP contribution in [0.2, 0.25) is 0 Å². The molecular formula is C22H21N3O4. The molecule has 0 saturated carbocycles. The first-order chi connectivity index (χ1) is 14.2. The zero-order valence-electron chi connectivity index (χ0n) is 15.7. The monoisotopic (exact) mass is 391 g/mol. The number of rotatable bonds is 6. The number of furan rings is 1. The fourth-order valence-corrected chi connectivity index (χ4v) is 3.13. The third-order valence-electron chi connectivity index (χ3n) is 4.61. The second-order valence-electron chi connectivity index (χ2n) is 6.74. The number of amides is 3. The Bertz CT molecular complexity index is 959. The van der Waals surface area contributed by atoms with E-state index in [-0.39, 0.29) is 23.8 Å². The number of urea groups is 1. The second-order valence-corrected chi connectivity index (χ2v) is 6.74. The maximum atomic E-state index is 12.0. The molecule has 7 nitrogen and oxygen atoms in total. The van der Waals surface area contributed by atoms with Gasteiger partial charge in [-0.1, -0.05) is 30.3 Å². The third kappa shape index (κ3) is 4.76. The van der Waals surface area contributed by atoms with Gasteiger partial charge in [-0.05, 0) is 41.5 Å². The lowest BCUT2D eigenvalue weighted by Gasteiger charge is -2.13. The van der Waals surface area contributed by atoms with E-state index in [9.17, 15) is 9.59 Å². The lowest BCUT2D eigenvalue weighted by atomic mass is 10.1. The van der Waals surface area contributed by atoms with Gasteiger partial charge in [0.1, 0.15) is 11.9 Å². The molecule has 0 radical (unpaired) electrons. The molecule has 0 spiro atoms. The summed E-state index contributed by atoms with van der Waals surface area (Å²) >= 11 is 0. The normalized spacial score (nSPS) is 14.6. The van der Waals surface area contributed by atoms with E-state index in [1.807, 2.05) is 36.4 Å². The van der Waals surface area contributed by atoms with Crippen LogP contribution in [-0.2, 0) is 13.0 Å². The standard InChI is InChI=1S/C22H21N3O4/c26-21(20-6-3-11-28-20)25-17-9-7-15(8-10-17)13-23-22(27)24-14-18-12-16-4-1-2-5-19(16)29-18/h1-11,18H,12-14H2,(H,25,26)(H2,23,24,27). The van der Waals surface area contributed by atoms with Crippen molar-refractivity contribution in [2.45, 2.75) is 19.1 Å². The van der Waals surface area contributed by atoms with Crippen LogP contribution in [0.5, 0.6) is 5.75 Å². The van der Waals surface area contributed by atoms with Gasteiger partial charge in [-0.25, -0.2) is 4.79 Å². The molecule has 0 saturated heterocycles. The van der Waals surface area contributed by atoms with Gasteiger partial charge in [-0.3, -0.25) is 4.79 Å². The predicted molar refractivity (Wildman–Crippen MR) is 108 cm³/mol. The van der Waals surface area contributed by atoms with Crippen molar-refractivity contribution in [1.29, 1.82) is 0 Å². The zero-order valence-corrected chi connectivity index (χ0v) is 15.7. The Hall–Kier alpha value is -3.74. The summed E-state index contributed by atoms with van der Waals surface area (Å²) in [5, 5.41) is 8.41. The van der Waals surface area contributed by atoms with Gasteiger partial charge in [0.15, 0.2) is 5.76 Å². The van der Waals surface area contributed by atoms with Gasteiger partial charge in [0.25, 0.3) is 5.91 Å².